The number of carbonyl (C=O) groups excluding carboxylic acids is 1. The normalized spacial score (nSPS) is 11.0. The second-order valence-electron chi connectivity index (χ2n) is 3.32. The number of carboxylic acids is 1. The van der Waals surface area contributed by atoms with E-state index in [2.05, 4.69) is 4.98 Å². The predicted molar refractivity (Wildman–Crippen MR) is 58.6 cm³/mol. The minimum atomic E-state index is -1.25. The summed E-state index contributed by atoms with van der Waals surface area (Å²) in [5.74, 6) is -1.25. The first kappa shape index (κ1) is 10.2. The summed E-state index contributed by atoms with van der Waals surface area (Å²) in [6.45, 7) is 0. The molecule has 0 atom stereocenters. The van der Waals surface area contributed by atoms with Gasteiger partial charge in [-0.1, -0.05) is 18.2 Å². The van der Waals surface area contributed by atoms with E-state index in [0.29, 0.717) is 11.1 Å². The third-order valence-corrected chi connectivity index (χ3v) is 2.16. The molecule has 4 heteroatoms. The highest BCUT2D eigenvalue weighted by molar-refractivity contribution is 5.86. The average Bonchev–Trinajstić information content (AvgIpc) is 2.25. The summed E-state index contributed by atoms with van der Waals surface area (Å²) in [6, 6.07) is 8.43. The Morgan fingerprint density at radius 3 is 2.75 bits per heavy atom. The van der Waals surface area contributed by atoms with Crippen molar-refractivity contribution in [1.29, 1.82) is 0 Å². The average molecular weight is 214 g/mol. The Hall–Kier alpha value is -2.36. The van der Waals surface area contributed by atoms with E-state index in [4.69, 9.17) is 0 Å². The van der Waals surface area contributed by atoms with Crippen LogP contribution >= 0.6 is 0 Å². The summed E-state index contributed by atoms with van der Waals surface area (Å²) in [6.07, 6.45) is 2.36. The van der Waals surface area contributed by atoms with E-state index in [9.17, 15) is 14.7 Å². The van der Waals surface area contributed by atoms with Crippen molar-refractivity contribution in [2.45, 2.75) is 0 Å². The predicted octanol–water partition coefficient (Wildman–Crippen LogP) is 0.291. The van der Waals surface area contributed by atoms with Gasteiger partial charge in [-0.3, -0.25) is 4.79 Å². The second-order valence-corrected chi connectivity index (χ2v) is 3.32. The number of hydrogen-bond donors (Lipinski definition) is 1. The number of aliphatic carboxylic acids is 1. The zero-order chi connectivity index (χ0) is 11.5. The lowest BCUT2D eigenvalue weighted by molar-refractivity contribution is -0.297. The molecule has 0 amide bonds. The molecule has 1 heterocycles. The third-order valence-electron chi connectivity index (χ3n) is 2.16. The van der Waals surface area contributed by atoms with Crippen LogP contribution in [0.25, 0.3) is 17.0 Å². The van der Waals surface area contributed by atoms with Crippen molar-refractivity contribution in [3.8, 4) is 0 Å². The minimum Gasteiger partial charge on any atom is -0.545 e. The standard InChI is InChI=1S/C12H9NO3/c14-11-5-4-9-3-1-8(2-6-12(15)16)7-10(9)13-11/h1-7H,(H,13,14)(H,15,16)/p-1/b6-2+. The van der Waals surface area contributed by atoms with E-state index in [1.54, 1.807) is 24.3 Å². The SMILES string of the molecule is O=C([O-])/C=C/c1ccc2ccc(=O)[nH]c2c1. The van der Waals surface area contributed by atoms with Gasteiger partial charge in [-0.2, -0.15) is 0 Å². The number of fused-ring (bicyclic) bond motifs is 1. The molecule has 0 radical (unpaired) electrons. The fraction of sp³-hybridized carbons (Fsp3) is 0. The number of rotatable bonds is 2. The number of carbonyl (C=O) groups is 1. The minimum absolute atomic E-state index is 0.187. The van der Waals surface area contributed by atoms with Crippen LogP contribution in [0, 0.1) is 0 Å². The van der Waals surface area contributed by atoms with Crippen molar-refractivity contribution in [2.75, 3.05) is 0 Å². The van der Waals surface area contributed by atoms with Crippen LogP contribution in [0.3, 0.4) is 0 Å². The van der Waals surface area contributed by atoms with Crippen molar-refractivity contribution < 1.29 is 9.90 Å². The van der Waals surface area contributed by atoms with Crippen LogP contribution in [0.1, 0.15) is 5.56 Å². The maximum atomic E-state index is 11.1. The first-order valence-corrected chi connectivity index (χ1v) is 4.67. The van der Waals surface area contributed by atoms with E-state index in [1.807, 2.05) is 0 Å². The number of aromatic nitrogens is 1. The van der Waals surface area contributed by atoms with Gasteiger partial charge >= 0.3 is 0 Å². The highest BCUT2D eigenvalue weighted by Gasteiger charge is 1.94. The quantitative estimate of drug-likeness (QED) is 0.730. The molecule has 0 aliphatic heterocycles. The molecule has 0 aliphatic rings. The highest BCUT2D eigenvalue weighted by atomic mass is 16.4. The number of aromatic amines is 1. The molecule has 2 aromatic rings. The molecular formula is C12H8NO3-. The van der Waals surface area contributed by atoms with Crippen LogP contribution in [-0.4, -0.2) is 11.0 Å². The zero-order valence-electron chi connectivity index (χ0n) is 8.27. The van der Waals surface area contributed by atoms with Gasteiger partial charge < -0.3 is 14.9 Å². The lowest BCUT2D eigenvalue weighted by Crippen LogP contribution is -2.18. The molecule has 0 bridgehead atoms. The first-order valence-electron chi connectivity index (χ1n) is 4.67. The molecule has 16 heavy (non-hydrogen) atoms. The fourth-order valence-corrected chi connectivity index (χ4v) is 1.44. The maximum Gasteiger partial charge on any atom is 0.248 e. The van der Waals surface area contributed by atoms with Gasteiger partial charge in [0, 0.05) is 11.6 Å². The third kappa shape index (κ3) is 2.17. The molecular weight excluding hydrogens is 206 g/mol. The molecule has 0 saturated heterocycles. The molecule has 0 spiro atoms. The first-order chi connectivity index (χ1) is 7.65. The van der Waals surface area contributed by atoms with Crippen LogP contribution in [0.2, 0.25) is 0 Å². The van der Waals surface area contributed by atoms with Crippen molar-refractivity contribution in [3.63, 3.8) is 0 Å². The molecule has 1 N–H and O–H groups in total. The van der Waals surface area contributed by atoms with E-state index in [0.717, 1.165) is 11.5 Å². The molecule has 1 aromatic heterocycles. The van der Waals surface area contributed by atoms with E-state index >= 15 is 0 Å². The molecule has 2 rings (SSSR count). The summed E-state index contributed by atoms with van der Waals surface area (Å²) >= 11 is 0. The summed E-state index contributed by atoms with van der Waals surface area (Å²) in [4.78, 5) is 24.0. The second kappa shape index (κ2) is 4.02. The van der Waals surface area contributed by atoms with Gasteiger partial charge in [0.15, 0.2) is 0 Å². The Labute approximate surface area is 90.9 Å². The Morgan fingerprint density at radius 1 is 1.25 bits per heavy atom. The van der Waals surface area contributed by atoms with Crippen LogP contribution in [0.5, 0.6) is 0 Å². The Kier molecular flexibility index (Phi) is 2.55. The Balaban J connectivity index is 2.50. The van der Waals surface area contributed by atoms with Crippen molar-refractivity contribution >= 4 is 22.9 Å². The smallest absolute Gasteiger partial charge is 0.248 e. The van der Waals surface area contributed by atoms with Gasteiger partial charge in [0.1, 0.15) is 0 Å². The molecule has 0 unspecified atom stereocenters. The molecule has 0 aliphatic carbocycles. The van der Waals surface area contributed by atoms with Crippen molar-refractivity contribution in [3.05, 3.63) is 52.3 Å². The van der Waals surface area contributed by atoms with E-state index in [-0.39, 0.29) is 5.56 Å². The molecule has 1 aromatic carbocycles. The maximum absolute atomic E-state index is 11.1. The fourth-order valence-electron chi connectivity index (χ4n) is 1.44. The van der Waals surface area contributed by atoms with Gasteiger partial charge in [0.2, 0.25) is 5.56 Å². The molecule has 80 valence electrons. The number of pyridine rings is 1. The molecule has 0 fully saturated rings. The van der Waals surface area contributed by atoms with Gasteiger partial charge in [-0.05, 0) is 29.2 Å². The summed E-state index contributed by atoms with van der Waals surface area (Å²) in [5.41, 5.74) is 1.18. The van der Waals surface area contributed by atoms with E-state index < -0.39 is 5.97 Å². The van der Waals surface area contributed by atoms with Crippen molar-refractivity contribution in [1.82, 2.24) is 4.98 Å². The topological polar surface area (TPSA) is 73.0 Å². The van der Waals surface area contributed by atoms with E-state index in [1.165, 1.54) is 12.1 Å². The number of carboxylic acid groups (broad SMARTS) is 1. The molecule has 4 nitrogen and oxygen atoms in total. The van der Waals surface area contributed by atoms with Crippen LogP contribution in [0.4, 0.5) is 0 Å². The van der Waals surface area contributed by atoms with Gasteiger partial charge in [-0.15, -0.1) is 0 Å². The number of benzene rings is 1. The summed E-state index contributed by atoms with van der Waals surface area (Å²) < 4.78 is 0. The lowest BCUT2D eigenvalue weighted by Gasteiger charge is -1.99. The lowest BCUT2D eigenvalue weighted by atomic mass is 10.1. The number of hydrogen-bond acceptors (Lipinski definition) is 3. The van der Waals surface area contributed by atoms with Crippen LogP contribution < -0.4 is 10.7 Å². The summed E-state index contributed by atoms with van der Waals surface area (Å²) in [7, 11) is 0. The van der Waals surface area contributed by atoms with Crippen molar-refractivity contribution in [2.24, 2.45) is 0 Å². The summed E-state index contributed by atoms with van der Waals surface area (Å²) in [5, 5.41) is 11.1. The zero-order valence-corrected chi connectivity index (χ0v) is 8.27. The Bertz CT molecular complexity index is 625. The molecule has 0 saturated carbocycles. The Morgan fingerprint density at radius 2 is 2.00 bits per heavy atom. The van der Waals surface area contributed by atoms with Gasteiger partial charge in [0.05, 0.1) is 5.97 Å². The number of nitrogens with one attached hydrogen (secondary N) is 1. The largest absolute Gasteiger partial charge is 0.545 e. The van der Waals surface area contributed by atoms with Gasteiger partial charge in [0.25, 0.3) is 0 Å². The van der Waals surface area contributed by atoms with Gasteiger partial charge in [-0.25, -0.2) is 0 Å². The van der Waals surface area contributed by atoms with Crippen LogP contribution in [-0.2, 0) is 4.79 Å². The highest BCUT2D eigenvalue weighted by Crippen LogP contribution is 2.12. The monoisotopic (exact) mass is 214 g/mol. The van der Waals surface area contributed by atoms with Crippen LogP contribution in [0.15, 0.2) is 41.2 Å². The number of H-pyrrole nitrogens is 1.